The first-order valence-corrected chi connectivity index (χ1v) is 7.61. The van der Waals surface area contributed by atoms with Gasteiger partial charge in [0.25, 0.3) is 5.72 Å². The third kappa shape index (κ3) is 2.87. The fourth-order valence-corrected chi connectivity index (χ4v) is 2.92. The zero-order valence-electron chi connectivity index (χ0n) is 13.4. The lowest BCUT2D eigenvalue weighted by Gasteiger charge is -2.44. The third-order valence-corrected chi connectivity index (χ3v) is 4.10. The number of carbonyl (C=O) groups is 2. The summed E-state index contributed by atoms with van der Waals surface area (Å²) in [5.41, 5.74) is -3.69. The van der Waals surface area contributed by atoms with E-state index >= 15 is 0 Å². The summed E-state index contributed by atoms with van der Waals surface area (Å²) in [6.45, 7) is 1.14. The van der Waals surface area contributed by atoms with Crippen LogP contribution in [0.25, 0.3) is 0 Å². The van der Waals surface area contributed by atoms with Crippen molar-refractivity contribution in [1.29, 1.82) is 0 Å². The van der Waals surface area contributed by atoms with Crippen molar-refractivity contribution >= 4 is 12.0 Å². The van der Waals surface area contributed by atoms with E-state index in [1.54, 1.807) is 0 Å². The summed E-state index contributed by atoms with van der Waals surface area (Å²) in [5, 5.41) is 13.8. The number of amides is 2. The van der Waals surface area contributed by atoms with Crippen LogP contribution in [-0.2, 0) is 9.53 Å². The lowest BCUT2D eigenvalue weighted by atomic mass is 9.82. The van der Waals surface area contributed by atoms with E-state index in [1.165, 1.54) is 30.4 Å². The fourth-order valence-electron chi connectivity index (χ4n) is 2.92. The van der Waals surface area contributed by atoms with Crippen molar-refractivity contribution in [2.24, 2.45) is 5.92 Å². The average molecular weight is 376 g/mol. The van der Waals surface area contributed by atoms with Crippen molar-refractivity contribution in [3.8, 4) is 11.5 Å². The van der Waals surface area contributed by atoms with E-state index in [0.29, 0.717) is 5.75 Å². The molecule has 11 heteroatoms. The van der Waals surface area contributed by atoms with Gasteiger partial charge in [0.2, 0.25) is 6.79 Å². The van der Waals surface area contributed by atoms with E-state index in [-0.39, 0.29) is 24.7 Å². The number of alkyl halides is 3. The second-order valence-electron chi connectivity index (χ2n) is 5.68. The summed E-state index contributed by atoms with van der Waals surface area (Å²) >= 11 is 0. The van der Waals surface area contributed by atoms with Crippen molar-refractivity contribution in [3.05, 3.63) is 23.8 Å². The van der Waals surface area contributed by atoms with Crippen LogP contribution >= 0.6 is 0 Å². The average Bonchev–Trinajstić information content (AvgIpc) is 3.00. The molecular weight excluding hydrogens is 361 g/mol. The maximum absolute atomic E-state index is 13.5. The van der Waals surface area contributed by atoms with Gasteiger partial charge >= 0.3 is 18.2 Å². The van der Waals surface area contributed by atoms with E-state index in [1.807, 2.05) is 0 Å². The molecule has 0 aromatic heterocycles. The molecule has 1 saturated heterocycles. The second-order valence-corrected chi connectivity index (χ2v) is 5.68. The molecule has 2 heterocycles. The number of rotatable bonds is 3. The number of ether oxygens (including phenoxy) is 3. The minimum atomic E-state index is -5.32. The molecule has 0 spiro atoms. The lowest BCUT2D eigenvalue weighted by Crippen LogP contribution is -2.73. The number of nitrogens with one attached hydrogen (secondary N) is 2. The molecule has 0 radical (unpaired) electrons. The molecule has 0 unspecified atom stereocenters. The highest BCUT2D eigenvalue weighted by Crippen LogP contribution is 2.44. The van der Waals surface area contributed by atoms with Gasteiger partial charge in [-0.25, -0.2) is 4.79 Å². The topological polar surface area (TPSA) is 106 Å². The van der Waals surface area contributed by atoms with Crippen LogP contribution in [0.15, 0.2) is 18.2 Å². The molecule has 3 rings (SSSR count). The van der Waals surface area contributed by atoms with Crippen LogP contribution in [0, 0.1) is 5.92 Å². The number of halogens is 3. The molecule has 1 aromatic carbocycles. The Morgan fingerprint density at radius 3 is 2.73 bits per heavy atom. The predicted octanol–water partition coefficient (Wildman–Crippen LogP) is 1.20. The Kier molecular flexibility index (Phi) is 4.34. The zero-order valence-corrected chi connectivity index (χ0v) is 13.4. The van der Waals surface area contributed by atoms with Crippen LogP contribution in [0.1, 0.15) is 18.5 Å². The summed E-state index contributed by atoms with van der Waals surface area (Å²) < 4.78 is 55.5. The Hall–Kier alpha value is -2.69. The molecule has 2 amide bonds. The highest BCUT2D eigenvalue weighted by atomic mass is 19.4. The van der Waals surface area contributed by atoms with Gasteiger partial charge in [-0.15, -0.1) is 0 Å². The van der Waals surface area contributed by atoms with Gasteiger partial charge in [-0.05, 0) is 24.6 Å². The first-order valence-electron chi connectivity index (χ1n) is 7.61. The Balaban J connectivity index is 2.08. The fraction of sp³-hybridized carbons (Fsp3) is 0.467. The van der Waals surface area contributed by atoms with E-state index in [2.05, 4.69) is 5.32 Å². The lowest BCUT2D eigenvalue weighted by molar-refractivity contribution is -0.294. The number of urea groups is 1. The Morgan fingerprint density at radius 1 is 1.38 bits per heavy atom. The van der Waals surface area contributed by atoms with Crippen molar-refractivity contribution in [2.75, 3.05) is 13.4 Å². The minimum absolute atomic E-state index is 0.0643. The monoisotopic (exact) mass is 376 g/mol. The highest BCUT2D eigenvalue weighted by Gasteiger charge is 2.67. The number of benzene rings is 1. The molecule has 26 heavy (non-hydrogen) atoms. The van der Waals surface area contributed by atoms with Gasteiger partial charge in [-0.1, -0.05) is 6.07 Å². The maximum Gasteiger partial charge on any atom is 0.437 e. The number of hydrogen-bond acceptors (Lipinski definition) is 6. The van der Waals surface area contributed by atoms with Crippen molar-refractivity contribution in [3.63, 3.8) is 0 Å². The van der Waals surface area contributed by atoms with Gasteiger partial charge in [0.1, 0.15) is 5.92 Å². The smallest absolute Gasteiger partial charge is 0.437 e. The van der Waals surface area contributed by atoms with Crippen molar-refractivity contribution < 1.29 is 42.1 Å². The van der Waals surface area contributed by atoms with Crippen LogP contribution in [0.5, 0.6) is 11.5 Å². The standard InChI is InChI=1S/C15H15F3N2O6/c1-2-24-12(21)10-11(7-3-4-8-9(5-7)26-6-25-8)19-13(22)20-14(10,23)15(16,17)18/h3-5,10-11,23H,2,6H2,1H3,(H2,19,20,22)/t10-,11+,14-/m1/s1. The molecule has 0 bridgehead atoms. The maximum atomic E-state index is 13.5. The molecule has 2 aliphatic rings. The van der Waals surface area contributed by atoms with Gasteiger partial charge in [0.05, 0.1) is 12.6 Å². The molecule has 3 N–H and O–H groups in total. The van der Waals surface area contributed by atoms with E-state index in [0.717, 1.165) is 0 Å². The summed E-state index contributed by atoms with van der Waals surface area (Å²) in [6.07, 6.45) is -5.32. The van der Waals surface area contributed by atoms with Crippen LogP contribution in [-0.4, -0.2) is 42.4 Å². The molecule has 1 aromatic rings. The Labute approximate surface area is 145 Å². The minimum Gasteiger partial charge on any atom is -0.466 e. The summed E-state index contributed by atoms with van der Waals surface area (Å²) in [4.78, 5) is 24.0. The van der Waals surface area contributed by atoms with Gasteiger partial charge in [-0.3, -0.25) is 4.79 Å². The molecule has 8 nitrogen and oxygen atoms in total. The number of hydrogen-bond donors (Lipinski definition) is 3. The third-order valence-electron chi connectivity index (χ3n) is 4.10. The SMILES string of the molecule is CCOC(=O)[C@H]1[C@H](c2ccc3c(c2)OCO3)NC(=O)N[C@]1(O)C(F)(F)F. The largest absolute Gasteiger partial charge is 0.466 e. The Bertz CT molecular complexity index is 741. The van der Waals surface area contributed by atoms with Gasteiger partial charge in [0.15, 0.2) is 11.5 Å². The normalized spacial score (nSPS) is 27.5. The van der Waals surface area contributed by atoms with Crippen LogP contribution in [0.3, 0.4) is 0 Å². The second kappa shape index (κ2) is 6.24. The van der Waals surface area contributed by atoms with Crippen LogP contribution < -0.4 is 20.1 Å². The predicted molar refractivity (Wildman–Crippen MR) is 78.1 cm³/mol. The Morgan fingerprint density at radius 2 is 2.08 bits per heavy atom. The molecule has 142 valence electrons. The number of esters is 1. The van der Waals surface area contributed by atoms with Gasteiger partial charge < -0.3 is 30.0 Å². The summed E-state index contributed by atoms with van der Waals surface area (Å²) in [7, 11) is 0. The van der Waals surface area contributed by atoms with Gasteiger partial charge in [-0.2, -0.15) is 13.2 Å². The number of carbonyl (C=O) groups excluding carboxylic acids is 2. The summed E-state index contributed by atoms with van der Waals surface area (Å²) in [5.74, 6) is -2.88. The molecule has 0 saturated carbocycles. The molecule has 3 atom stereocenters. The van der Waals surface area contributed by atoms with E-state index in [4.69, 9.17) is 14.2 Å². The highest BCUT2D eigenvalue weighted by molar-refractivity contribution is 5.83. The van der Waals surface area contributed by atoms with Gasteiger partial charge in [0, 0.05) is 0 Å². The number of fused-ring (bicyclic) bond motifs is 1. The zero-order chi connectivity index (χ0) is 19.1. The molecule has 0 aliphatic carbocycles. The van der Waals surface area contributed by atoms with Crippen LogP contribution in [0.4, 0.5) is 18.0 Å². The first kappa shape index (κ1) is 18.1. The van der Waals surface area contributed by atoms with Crippen molar-refractivity contribution in [2.45, 2.75) is 24.9 Å². The summed E-state index contributed by atoms with van der Waals surface area (Å²) in [6, 6.07) is 1.34. The van der Waals surface area contributed by atoms with Crippen molar-refractivity contribution in [1.82, 2.24) is 10.6 Å². The quantitative estimate of drug-likeness (QED) is 0.685. The molecule has 2 aliphatic heterocycles. The van der Waals surface area contributed by atoms with Crippen LogP contribution in [0.2, 0.25) is 0 Å². The number of aliphatic hydroxyl groups is 1. The van der Waals surface area contributed by atoms with E-state index in [9.17, 15) is 27.9 Å². The van der Waals surface area contributed by atoms with E-state index < -0.39 is 35.9 Å². The first-order chi connectivity index (χ1) is 12.2. The molecule has 1 fully saturated rings. The molecular formula is C15H15F3N2O6.